The van der Waals surface area contributed by atoms with Gasteiger partial charge in [-0.1, -0.05) is 23.7 Å². The van der Waals surface area contributed by atoms with E-state index in [0.29, 0.717) is 11.1 Å². The number of hydrogen-bond donors (Lipinski definition) is 4. The fourth-order valence-corrected chi connectivity index (χ4v) is 4.04. The molecule has 1 heterocycles. The van der Waals surface area contributed by atoms with E-state index in [9.17, 15) is 27.2 Å². The summed E-state index contributed by atoms with van der Waals surface area (Å²) in [6.45, 7) is -0.315. The van der Waals surface area contributed by atoms with E-state index < -0.39 is 51.0 Å². The molecule has 0 bridgehead atoms. The largest absolute Gasteiger partial charge is 0.481 e. The van der Waals surface area contributed by atoms with Gasteiger partial charge in [-0.05, 0) is 29.8 Å². The van der Waals surface area contributed by atoms with E-state index in [-0.39, 0.29) is 23.0 Å². The highest BCUT2D eigenvalue weighted by Crippen LogP contribution is 2.19. The SMILES string of the molecule is O=C(O)CCNS(=O)(=O)c1cc(F)c2[nH]cc(C(=O)NCc3ccc(Cl)cc3)c(=O)c2c1. The molecular formula is C20H17ClFN3O6S. The average molecular weight is 482 g/mol. The maximum Gasteiger partial charge on any atom is 0.304 e. The smallest absolute Gasteiger partial charge is 0.304 e. The maximum atomic E-state index is 14.5. The Kier molecular flexibility index (Phi) is 6.92. The van der Waals surface area contributed by atoms with Crippen LogP contribution >= 0.6 is 11.6 Å². The van der Waals surface area contributed by atoms with E-state index in [4.69, 9.17) is 16.7 Å². The van der Waals surface area contributed by atoms with Crippen molar-refractivity contribution in [2.45, 2.75) is 17.9 Å². The average Bonchev–Trinajstić information content (AvgIpc) is 2.73. The van der Waals surface area contributed by atoms with Gasteiger partial charge < -0.3 is 15.4 Å². The minimum Gasteiger partial charge on any atom is -0.481 e. The van der Waals surface area contributed by atoms with Crippen LogP contribution in [0.3, 0.4) is 0 Å². The first kappa shape index (κ1) is 23.4. The number of carboxylic acids is 1. The summed E-state index contributed by atoms with van der Waals surface area (Å²) >= 11 is 5.81. The van der Waals surface area contributed by atoms with Gasteiger partial charge >= 0.3 is 5.97 Å². The van der Waals surface area contributed by atoms with Gasteiger partial charge in [-0.25, -0.2) is 17.5 Å². The molecule has 0 spiro atoms. The second kappa shape index (κ2) is 9.47. The molecule has 1 amide bonds. The quantitative estimate of drug-likeness (QED) is 0.387. The summed E-state index contributed by atoms with van der Waals surface area (Å²) in [5.74, 6) is -2.98. The number of rotatable bonds is 8. The van der Waals surface area contributed by atoms with Crippen LogP contribution in [0.2, 0.25) is 5.02 Å². The molecule has 12 heteroatoms. The van der Waals surface area contributed by atoms with E-state index in [1.165, 1.54) is 0 Å². The Morgan fingerprint density at radius 3 is 2.50 bits per heavy atom. The third-order valence-electron chi connectivity index (χ3n) is 4.47. The molecule has 2 aromatic carbocycles. The van der Waals surface area contributed by atoms with Crippen LogP contribution in [0, 0.1) is 5.82 Å². The number of aliphatic carboxylic acids is 1. The highest BCUT2D eigenvalue weighted by atomic mass is 35.5. The number of nitrogens with one attached hydrogen (secondary N) is 3. The number of H-pyrrole nitrogens is 1. The molecule has 0 saturated carbocycles. The van der Waals surface area contributed by atoms with Crippen molar-refractivity contribution >= 4 is 44.4 Å². The van der Waals surface area contributed by atoms with Crippen LogP contribution in [-0.2, 0) is 21.4 Å². The number of carbonyl (C=O) groups is 2. The van der Waals surface area contributed by atoms with Gasteiger partial charge in [0.2, 0.25) is 15.5 Å². The van der Waals surface area contributed by atoms with Crippen molar-refractivity contribution in [3.8, 4) is 0 Å². The van der Waals surface area contributed by atoms with Gasteiger partial charge in [0.1, 0.15) is 11.4 Å². The number of carboxylic acid groups (broad SMARTS) is 1. The molecule has 3 aromatic rings. The number of carbonyl (C=O) groups excluding carboxylic acids is 1. The molecule has 0 fully saturated rings. The fraction of sp³-hybridized carbons (Fsp3) is 0.150. The van der Waals surface area contributed by atoms with Crippen LogP contribution < -0.4 is 15.5 Å². The number of aromatic nitrogens is 1. The highest BCUT2D eigenvalue weighted by molar-refractivity contribution is 7.89. The summed E-state index contributed by atoms with van der Waals surface area (Å²) in [6.07, 6.45) is 0.568. The standard InChI is InChI=1S/C20H17ClFN3O6S/c21-12-3-1-11(2-4-12)9-24-20(29)15-10-23-18-14(19(15)28)7-13(8-16(18)22)32(30,31)25-6-5-17(26)27/h1-4,7-8,10,25H,5-6,9H2,(H,23,28)(H,24,29)(H,26,27). The number of fused-ring (bicyclic) bond motifs is 1. The molecule has 0 saturated heterocycles. The zero-order chi connectivity index (χ0) is 23.5. The van der Waals surface area contributed by atoms with E-state index in [0.717, 1.165) is 17.8 Å². The Morgan fingerprint density at radius 1 is 1.16 bits per heavy atom. The van der Waals surface area contributed by atoms with Crippen LogP contribution in [0.5, 0.6) is 0 Å². The summed E-state index contributed by atoms with van der Waals surface area (Å²) in [5, 5.41) is 11.4. The van der Waals surface area contributed by atoms with Gasteiger partial charge in [-0.3, -0.25) is 14.4 Å². The Bertz CT molecular complexity index is 1360. The van der Waals surface area contributed by atoms with Crippen molar-refractivity contribution in [1.82, 2.24) is 15.0 Å². The van der Waals surface area contributed by atoms with Gasteiger partial charge in [-0.15, -0.1) is 0 Å². The zero-order valence-corrected chi connectivity index (χ0v) is 17.9. The number of benzene rings is 2. The molecule has 9 nitrogen and oxygen atoms in total. The molecule has 0 aliphatic rings. The molecule has 4 N–H and O–H groups in total. The van der Waals surface area contributed by atoms with E-state index in [2.05, 4.69) is 10.3 Å². The molecule has 0 aliphatic heterocycles. The van der Waals surface area contributed by atoms with Gasteiger partial charge in [0.15, 0.2) is 0 Å². The molecular weight excluding hydrogens is 465 g/mol. The number of pyridine rings is 1. The lowest BCUT2D eigenvalue weighted by Gasteiger charge is -2.09. The lowest BCUT2D eigenvalue weighted by molar-refractivity contribution is -0.136. The molecule has 32 heavy (non-hydrogen) atoms. The normalized spacial score (nSPS) is 11.4. The summed E-state index contributed by atoms with van der Waals surface area (Å²) in [4.78, 5) is 37.8. The number of halogens is 2. The zero-order valence-electron chi connectivity index (χ0n) is 16.3. The second-order valence-corrected chi connectivity index (χ2v) is 8.91. The summed E-state index contributed by atoms with van der Waals surface area (Å²) in [5.41, 5.74) is -0.742. The molecule has 168 valence electrons. The van der Waals surface area contributed by atoms with Gasteiger partial charge in [-0.2, -0.15) is 0 Å². The van der Waals surface area contributed by atoms with Gasteiger partial charge in [0.25, 0.3) is 5.91 Å². The van der Waals surface area contributed by atoms with Gasteiger partial charge in [0, 0.05) is 24.3 Å². The van der Waals surface area contributed by atoms with Crippen LogP contribution in [0.4, 0.5) is 4.39 Å². The fourth-order valence-electron chi connectivity index (χ4n) is 2.84. The molecule has 0 atom stereocenters. The summed E-state index contributed by atoms with van der Waals surface area (Å²) < 4.78 is 41.2. The van der Waals surface area contributed by atoms with Crippen molar-refractivity contribution in [2.24, 2.45) is 0 Å². The van der Waals surface area contributed by atoms with Crippen molar-refractivity contribution in [1.29, 1.82) is 0 Å². The topological polar surface area (TPSA) is 145 Å². The monoisotopic (exact) mass is 481 g/mol. The van der Waals surface area contributed by atoms with Crippen molar-refractivity contribution in [3.05, 3.63) is 74.8 Å². The van der Waals surface area contributed by atoms with E-state index in [1.807, 2.05) is 4.72 Å². The number of aromatic amines is 1. The Morgan fingerprint density at radius 2 is 1.84 bits per heavy atom. The number of sulfonamides is 1. The Labute approximate surface area is 186 Å². The van der Waals surface area contributed by atoms with Crippen LogP contribution in [0.1, 0.15) is 22.3 Å². The summed E-state index contributed by atoms with van der Waals surface area (Å²) in [6, 6.07) is 8.29. The van der Waals surface area contributed by atoms with Gasteiger partial charge in [0.05, 0.1) is 22.2 Å². The summed E-state index contributed by atoms with van der Waals surface area (Å²) in [7, 11) is -4.29. The Hall–Kier alpha value is -3.28. The molecule has 1 aromatic heterocycles. The first-order valence-electron chi connectivity index (χ1n) is 9.17. The minimum atomic E-state index is -4.29. The van der Waals surface area contributed by atoms with Crippen molar-refractivity contribution in [2.75, 3.05) is 6.54 Å². The van der Waals surface area contributed by atoms with E-state index >= 15 is 0 Å². The predicted molar refractivity (Wildman–Crippen MR) is 115 cm³/mol. The lowest BCUT2D eigenvalue weighted by Crippen LogP contribution is -2.29. The molecule has 0 radical (unpaired) electrons. The lowest BCUT2D eigenvalue weighted by atomic mass is 10.1. The van der Waals surface area contributed by atoms with Crippen molar-refractivity contribution < 1.29 is 27.5 Å². The highest BCUT2D eigenvalue weighted by Gasteiger charge is 2.20. The van der Waals surface area contributed by atoms with Crippen LogP contribution in [0.15, 0.2) is 52.3 Å². The predicted octanol–water partition coefficient (Wildman–Crippen LogP) is 2.00. The van der Waals surface area contributed by atoms with Crippen LogP contribution in [-0.4, -0.2) is 36.9 Å². The first-order chi connectivity index (χ1) is 15.1. The first-order valence-corrected chi connectivity index (χ1v) is 11.0. The van der Waals surface area contributed by atoms with Crippen LogP contribution in [0.25, 0.3) is 10.9 Å². The molecule has 0 unspecified atom stereocenters. The molecule has 3 rings (SSSR count). The van der Waals surface area contributed by atoms with E-state index in [1.54, 1.807) is 24.3 Å². The molecule has 0 aliphatic carbocycles. The Balaban J connectivity index is 1.90. The number of hydrogen-bond acceptors (Lipinski definition) is 5. The minimum absolute atomic E-state index is 0.101. The maximum absolute atomic E-state index is 14.5. The third-order valence-corrected chi connectivity index (χ3v) is 6.16. The van der Waals surface area contributed by atoms with Crippen molar-refractivity contribution in [3.63, 3.8) is 0 Å². The second-order valence-electron chi connectivity index (χ2n) is 6.71. The number of amides is 1. The third kappa shape index (κ3) is 5.31.